The van der Waals surface area contributed by atoms with E-state index in [1.165, 1.54) is 22.4 Å². The van der Waals surface area contributed by atoms with Crippen LogP contribution in [0.25, 0.3) is 0 Å². The maximum absolute atomic E-state index is 3.48. The van der Waals surface area contributed by atoms with E-state index in [1.807, 2.05) is 0 Å². The molecule has 2 rings (SSSR count). The molecule has 1 nitrogen and oxygen atoms in total. The van der Waals surface area contributed by atoms with Crippen LogP contribution in [0.5, 0.6) is 0 Å². The fourth-order valence-electron chi connectivity index (χ4n) is 2.27. The molecule has 1 heteroatoms. The van der Waals surface area contributed by atoms with E-state index in [0.29, 0.717) is 5.92 Å². The highest BCUT2D eigenvalue weighted by molar-refractivity contribution is 5.64. The molecule has 0 amide bonds. The zero-order chi connectivity index (χ0) is 13.1. The Balaban J connectivity index is 2.26. The molecule has 0 saturated heterocycles. The Kier molecular flexibility index (Phi) is 3.71. The molecule has 0 radical (unpaired) electrons. The van der Waals surface area contributed by atoms with Gasteiger partial charge in [0.05, 0.1) is 0 Å². The molecule has 0 heterocycles. The second-order valence-electron chi connectivity index (χ2n) is 5.17. The fraction of sp³-hybridized carbons (Fsp3) is 0.294. The van der Waals surface area contributed by atoms with Crippen LogP contribution in [0.3, 0.4) is 0 Å². The molecule has 0 atom stereocenters. The van der Waals surface area contributed by atoms with Crippen LogP contribution in [0.2, 0.25) is 0 Å². The summed E-state index contributed by atoms with van der Waals surface area (Å²) >= 11 is 0. The summed E-state index contributed by atoms with van der Waals surface area (Å²) in [4.78, 5) is 0. The summed E-state index contributed by atoms with van der Waals surface area (Å²) in [5, 5.41) is 3.48. The van der Waals surface area contributed by atoms with Crippen LogP contribution in [0, 0.1) is 13.8 Å². The number of rotatable bonds is 3. The smallest absolute Gasteiger partial charge is 0.0413 e. The first-order chi connectivity index (χ1) is 8.58. The SMILES string of the molecule is Cc1ccccc1Nc1ccc(C(C)C)c(C)c1. The van der Waals surface area contributed by atoms with Gasteiger partial charge in [0.15, 0.2) is 0 Å². The van der Waals surface area contributed by atoms with Crippen LogP contribution in [0.15, 0.2) is 42.5 Å². The van der Waals surface area contributed by atoms with Crippen LogP contribution in [-0.2, 0) is 0 Å². The fourth-order valence-corrected chi connectivity index (χ4v) is 2.27. The van der Waals surface area contributed by atoms with Crippen LogP contribution >= 0.6 is 0 Å². The predicted molar refractivity (Wildman–Crippen MR) is 79.7 cm³/mol. The zero-order valence-electron chi connectivity index (χ0n) is 11.6. The van der Waals surface area contributed by atoms with Crippen LogP contribution < -0.4 is 5.32 Å². The highest BCUT2D eigenvalue weighted by Gasteiger charge is 2.04. The van der Waals surface area contributed by atoms with Crippen molar-refractivity contribution >= 4 is 11.4 Å². The van der Waals surface area contributed by atoms with E-state index in [1.54, 1.807) is 0 Å². The molecular weight excluding hydrogens is 218 g/mol. The van der Waals surface area contributed by atoms with Gasteiger partial charge in [-0.25, -0.2) is 0 Å². The molecule has 1 N–H and O–H groups in total. The van der Waals surface area contributed by atoms with Crippen molar-refractivity contribution in [3.8, 4) is 0 Å². The average Bonchev–Trinajstić information content (AvgIpc) is 2.32. The molecule has 0 aliphatic carbocycles. The van der Waals surface area contributed by atoms with E-state index >= 15 is 0 Å². The molecule has 0 aromatic heterocycles. The van der Waals surface area contributed by atoms with Gasteiger partial charge >= 0.3 is 0 Å². The Morgan fingerprint density at radius 2 is 1.61 bits per heavy atom. The van der Waals surface area contributed by atoms with Crippen molar-refractivity contribution in [3.05, 3.63) is 59.2 Å². The number of nitrogens with one attached hydrogen (secondary N) is 1. The zero-order valence-corrected chi connectivity index (χ0v) is 11.6. The van der Waals surface area contributed by atoms with Crippen LogP contribution in [0.1, 0.15) is 36.5 Å². The Morgan fingerprint density at radius 3 is 2.22 bits per heavy atom. The monoisotopic (exact) mass is 239 g/mol. The first-order valence-electron chi connectivity index (χ1n) is 6.51. The minimum absolute atomic E-state index is 0.581. The van der Waals surface area contributed by atoms with Crippen LogP contribution in [-0.4, -0.2) is 0 Å². The molecule has 2 aromatic rings. The molecule has 18 heavy (non-hydrogen) atoms. The van der Waals surface area contributed by atoms with Gasteiger partial charge in [0.2, 0.25) is 0 Å². The summed E-state index contributed by atoms with van der Waals surface area (Å²) in [6.07, 6.45) is 0. The molecule has 0 bridgehead atoms. The van der Waals surface area contributed by atoms with Crippen molar-refractivity contribution in [1.29, 1.82) is 0 Å². The minimum atomic E-state index is 0.581. The predicted octanol–water partition coefficient (Wildman–Crippen LogP) is 5.17. The standard InChI is InChI=1S/C17H21N/c1-12(2)16-10-9-15(11-14(16)4)18-17-8-6-5-7-13(17)3/h5-12,18H,1-4H3. The highest BCUT2D eigenvalue weighted by Crippen LogP contribution is 2.25. The van der Waals surface area contributed by atoms with Gasteiger partial charge in [-0.15, -0.1) is 0 Å². The Hall–Kier alpha value is -1.76. The lowest BCUT2D eigenvalue weighted by molar-refractivity contribution is 0.857. The number of benzene rings is 2. The van der Waals surface area contributed by atoms with E-state index in [-0.39, 0.29) is 0 Å². The largest absolute Gasteiger partial charge is 0.355 e. The second kappa shape index (κ2) is 5.26. The van der Waals surface area contributed by atoms with E-state index in [2.05, 4.69) is 75.5 Å². The number of aryl methyl sites for hydroxylation is 2. The average molecular weight is 239 g/mol. The summed E-state index contributed by atoms with van der Waals surface area (Å²) in [7, 11) is 0. The molecule has 0 saturated carbocycles. The lowest BCUT2D eigenvalue weighted by atomic mass is 9.97. The van der Waals surface area contributed by atoms with Gasteiger partial charge in [0, 0.05) is 11.4 Å². The van der Waals surface area contributed by atoms with Crippen LogP contribution in [0.4, 0.5) is 11.4 Å². The second-order valence-corrected chi connectivity index (χ2v) is 5.17. The van der Waals surface area contributed by atoms with E-state index in [4.69, 9.17) is 0 Å². The summed E-state index contributed by atoms with van der Waals surface area (Å²) in [5.41, 5.74) is 6.37. The lowest BCUT2D eigenvalue weighted by Crippen LogP contribution is -1.96. The van der Waals surface area contributed by atoms with Gasteiger partial charge in [-0.2, -0.15) is 0 Å². The maximum atomic E-state index is 3.48. The quantitative estimate of drug-likeness (QED) is 0.779. The van der Waals surface area contributed by atoms with Gasteiger partial charge in [-0.3, -0.25) is 0 Å². The Labute approximate surface area is 110 Å². The van der Waals surface area contributed by atoms with E-state index in [0.717, 1.165) is 5.69 Å². The van der Waals surface area contributed by atoms with E-state index < -0.39 is 0 Å². The summed E-state index contributed by atoms with van der Waals surface area (Å²) < 4.78 is 0. The molecule has 0 aliphatic rings. The topological polar surface area (TPSA) is 12.0 Å². The van der Waals surface area contributed by atoms with Gasteiger partial charge in [0.25, 0.3) is 0 Å². The summed E-state index contributed by atoms with van der Waals surface area (Å²) in [6.45, 7) is 8.77. The molecule has 2 aromatic carbocycles. The maximum Gasteiger partial charge on any atom is 0.0413 e. The van der Waals surface area contributed by atoms with Crippen molar-refractivity contribution < 1.29 is 0 Å². The molecular formula is C17H21N. The number of para-hydroxylation sites is 1. The third-order valence-corrected chi connectivity index (χ3v) is 3.32. The number of hydrogen-bond acceptors (Lipinski definition) is 1. The molecule has 0 fully saturated rings. The summed E-state index contributed by atoms with van der Waals surface area (Å²) in [6, 6.07) is 15.0. The van der Waals surface area contributed by atoms with Gasteiger partial charge in [-0.1, -0.05) is 38.1 Å². The van der Waals surface area contributed by atoms with Gasteiger partial charge in [-0.05, 0) is 54.7 Å². The van der Waals surface area contributed by atoms with Crippen molar-refractivity contribution in [2.75, 3.05) is 5.32 Å². The Morgan fingerprint density at radius 1 is 0.889 bits per heavy atom. The van der Waals surface area contributed by atoms with Gasteiger partial charge in [0.1, 0.15) is 0 Å². The van der Waals surface area contributed by atoms with Crippen molar-refractivity contribution in [1.82, 2.24) is 0 Å². The van der Waals surface area contributed by atoms with Crippen molar-refractivity contribution in [3.63, 3.8) is 0 Å². The molecule has 94 valence electrons. The van der Waals surface area contributed by atoms with Gasteiger partial charge < -0.3 is 5.32 Å². The van der Waals surface area contributed by atoms with Crippen molar-refractivity contribution in [2.45, 2.75) is 33.6 Å². The number of hydrogen-bond donors (Lipinski definition) is 1. The molecule has 0 spiro atoms. The first kappa shape index (κ1) is 12.7. The number of anilines is 2. The first-order valence-corrected chi connectivity index (χ1v) is 6.51. The highest BCUT2D eigenvalue weighted by atomic mass is 14.9. The van der Waals surface area contributed by atoms with E-state index in [9.17, 15) is 0 Å². The minimum Gasteiger partial charge on any atom is -0.355 e. The third kappa shape index (κ3) is 2.73. The Bertz CT molecular complexity index is 541. The third-order valence-electron chi connectivity index (χ3n) is 3.32. The molecule has 0 aliphatic heterocycles. The summed E-state index contributed by atoms with van der Waals surface area (Å²) in [5.74, 6) is 0.581. The normalized spacial score (nSPS) is 10.7. The van der Waals surface area contributed by atoms with Crippen molar-refractivity contribution in [2.24, 2.45) is 0 Å². The lowest BCUT2D eigenvalue weighted by Gasteiger charge is -2.14. The molecule has 0 unspecified atom stereocenters.